The van der Waals surface area contributed by atoms with Crippen LogP contribution >= 0.6 is 11.8 Å². The number of rotatable bonds is 9. The smallest absolute Gasteiger partial charge is 0.339 e. The van der Waals surface area contributed by atoms with Crippen molar-refractivity contribution >= 4 is 38.9 Å². The molecule has 2 aromatic carbocycles. The van der Waals surface area contributed by atoms with Crippen LogP contribution in [0, 0.1) is 5.41 Å². The van der Waals surface area contributed by atoms with Gasteiger partial charge < -0.3 is 19.8 Å². The number of carboxylic acids is 1. The summed E-state index contributed by atoms with van der Waals surface area (Å²) < 4.78 is 33.0. The third-order valence-corrected chi connectivity index (χ3v) is 8.95. The summed E-state index contributed by atoms with van der Waals surface area (Å²) in [7, 11) is -3.68. The molecule has 1 unspecified atom stereocenters. The molecule has 0 radical (unpaired) electrons. The molecule has 0 amide bonds. The number of anilines is 2. The Hall–Kier alpha value is -2.23. The fourth-order valence-electron chi connectivity index (χ4n) is 4.19. The maximum absolute atomic E-state index is 13.7. The second-order valence-corrected chi connectivity index (χ2v) is 12.2. The van der Waals surface area contributed by atoms with Gasteiger partial charge in [0, 0.05) is 18.3 Å². The van der Waals surface area contributed by atoms with Gasteiger partial charge in [-0.1, -0.05) is 44.9 Å². The van der Waals surface area contributed by atoms with Crippen LogP contribution in [-0.2, 0) is 14.6 Å². The summed E-state index contributed by atoms with van der Waals surface area (Å²) >= 11 is 1.37. The predicted octanol–water partition coefficient (Wildman–Crippen LogP) is 4.74. The van der Waals surface area contributed by atoms with Crippen molar-refractivity contribution in [1.29, 1.82) is 0 Å². The lowest BCUT2D eigenvalue weighted by molar-refractivity contribution is -0.159. The molecule has 186 valence electrons. The SMILES string of the molecule is CCCC[C@]1(C)CN(c2ccccc2)c2cc(SC)c(OCC(C)(O)C(=O)O)cc2S(=O)(=O)C1. The molecular weight excluding hydrogens is 474 g/mol. The minimum absolute atomic E-state index is 0.00122. The summed E-state index contributed by atoms with van der Waals surface area (Å²) in [5.74, 6) is -1.18. The highest BCUT2D eigenvalue weighted by atomic mass is 32.2. The van der Waals surface area contributed by atoms with E-state index >= 15 is 0 Å². The van der Waals surface area contributed by atoms with E-state index in [1.165, 1.54) is 17.8 Å². The number of hydrogen-bond donors (Lipinski definition) is 2. The zero-order valence-electron chi connectivity index (χ0n) is 20.1. The molecule has 2 aromatic rings. The van der Waals surface area contributed by atoms with Gasteiger partial charge in [-0.3, -0.25) is 0 Å². The Morgan fingerprint density at radius 1 is 1.26 bits per heavy atom. The second kappa shape index (κ2) is 10.2. The Bertz CT molecular complexity index is 1130. The Morgan fingerprint density at radius 2 is 1.94 bits per heavy atom. The summed E-state index contributed by atoms with van der Waals surface area (Å²) in [5.41, 5.74) is -1.08. The van der Waals surface area contributed by atoms with Crippen LogP contribution in [0.3, 0.4) is 0 Å². The topological polar surface area (TPSA) is 104 Å². The molecular formula is C25H33NO6S2. The Labute approximate surface area is 206 Å². The lowest BCUT2D eigenvalue weighted by Gasteiger charge is -2.34. The molecule has 0 spiro atoms. The first-order chi connectivity index (χ1) is 15.9. The molecule has 9 heteroatoms. The highest BCUT2D eigenvalue weighted by molar-refractivity contribution is 7.98. The van der Waals surface area contributed by atoms with Crippen LogP contribution in [0.25, 0.3) is 0 Å². The number of hydrogen-bond acceptors (Lipinski definition) is 7. The fourth-order valence-corrected chi connectivity index (χ4v) is 6.82. The largest absolute Gasteiger partial charge is 0.489 e. The molecule has 7 nitrogen and oxygen atoms in total. The van der Waals surface area contributed by atoms with Crippen molar-refractivity contribution in [3.05, 3.63) is 42.5 Å². The van der Waals surface area contributed by atoms with Crippen molar-refractivity contribution in [2.75, 3.05) is 30.1 Å². The molecule has 1 heterocycles. The van der Waals surface area contributed by atoms with E-state index < -0.39 is 33.4 Å². The van der Waals surface area contributed by atoms with Gasteiger partial charge in [0.2, 0.25) is 0 Å². The van der Waals surface area contributed by atoms with E-state index in [1.54, 1.807) is 6.07 Å². The molecule has 1 aliphatic rings. The van der Waals surface area contributed by atoms with Gasteiger partial charge in [-0.2, -0.15) is 0 Å². The molecule has 0 bridgehead atoms. The van der Waals surface area contributed by atoms with Crippen LogP contribution in [0.15, 0.2) is 52.3 Å². The highest BCUT2D eigenvalue weighted by Crippen LogP contribution is 2.46. The number of fused-ring (bicyclic) bond motifs is 1. The zero-order chi connectivity index (χ0) is 25.1. The number of aliphatic hydroxyl groups is 1. The van der Waals surface area contributed by atoms with E-state index in [1.807, 2.05) is 43.5 Å². The van der Waals surface area contributed by atoms with E-state index in [2.05, 4.69) is 11.8 Å². The zero-order valence-corrected chi connectivity index (χ0v) is 21.7. The number of carboxylic acid groups (broad SMARTS) is 1. The van der Waals surface area contributed by atoms with Crippen molar-refractivity contribution in [1.82, 2.24) is 0 Å². The number of aliphatic carboxylic acids is 1. The summed E-state index contributed by atoms with van der Waals surface area (Å²) in [5, 5.41) is 19.3. The number of carbonyl (C=O) groups is 1. The van der Waals surface area contributed by atoms with Crippen molar-refractivity contribution in [3.63, 3.8) is 0 Å². The molecule has 3 rings (SSSR count). The number of unbranched alkanes of at least 4 members (excludes halogenated alkanes) is 1. The van der Waals surface area contributed by atoms with Crippen LogP contribution in [-0.4, -0.2) is 55.4 Å². The number of para-hydroxylation sites is 1. The van der Waals surface area contributed by atoms with E-state index in [-0.39, 0.29) is 16.4 Å². The Balaban J connectivity index is 2.16. The molecule has 0 fully saturated rings. The number of ether oxygens (including phenoxy) is 1. The van der Waals surface area contributed by atoms with Gasteiger partial charge in [-0.25, -0.2) is 13.2 Å². The van der Waals surface area contributed by atoms with Gasteiger partial charge in [0.25, 0.3) is 0 Å². The fraction of sp³-hybridized carbons (Fsp3) is 0.480. The van der Waals surface area contributed by atoms with E-state index in [4.69, 9.17) is 4.74 Å². The molecule has 0 saturated heterocycles. The summed E-state index contributed by atoms with van der Waals surface area (Å²) in [6, 6.07) is 13.0. The molecule has 0 aromatic heterocycles. The third-order valence-electron chi connectivity index (χ3n) is 6.12. The minimum atomic E-state index is -3.68. The van der Waals surface area contributed by atoms with Crippen LogP contribution < -0.4 is 9.64 Å². The maximum atomic E-state index is 13.7. The van der Waals surface area contributed by atoms with Gasteiger partial charge >= 0.3 is 5.97 Å². The van der Waals surface area contributed by atoms with Crippen LogP contribution in [0.5, 0.6) is 5.75 Å². The van der Waals surface area contributed by atoms with Gasteiger partial charge in [0.15, 0.2) is 15.4 Å². The second-order valence-electron chi connectivity index (χ2n) is 9.43. The van der Waals surface area contributed by atoms with Crippen LogP contribution in [0.1, 0.15) is 40.0 Å². The number of benzene rings is 2. The predicted molar refractivity (Wildman–Crippen MR) is 135 cm³/mol. The van der Waals surface area contributed by atoms with Gasteiger partial charge in [-0.05, 0) is 43.2 Å². The third kappa shape index (κ3) is 5.70. The van der Waals surface area contributed by atoms with Crippen molar-refractivity contribution in [2.45, 2.75) is 55.4 Å². The van der Waals surface area contributed by atoms with Crippen LogP contribution in [0.2, 0.25) is 0 Å². The lowest BCUT2D eigenvalue weighted by Crippen LogP contribution is -2.41. The van der Waals surface area contributed by atoms with Crippen LogP contribution in [0.4, 0.5) is 11.4 Å². The van der Waals surface area contributed by atoms with Crippen molar-refractivity contribution in [2.24, 2.45) is 5.41 Å². The van der Waals surface area contributed by atoms with E-state index in [9.17, 15) is 23.4 Å². The maximum Gasteiger partial charge on any atom is 0.339 e. The first-order valence-corrected chi connectivity index (χ1v) is 14.2. The normalized spacial score (nSPS) is 21.3. The first kappa shape index (κ1) is 26.4. The van der Waals surface area contributed by atoms with Gasteiger partial charge in [0.05, 0.1) is 21.2 Å². The quantitative estimate of drug-likeness (QED) is 0.469. The summed E-state index contributed by atoms with van der Waals surface area (Å²) in [6.45, 7) is 5.30. The van der Waals surface area contributed by atoms with Crippen molar-refractivity contribution < 1.29 is 28.2 Å². The molecule has 2 atom stereocenters. The molecule has 34 heavy (non-hydrogen) atoms. The summed E-state index contributed by atoms with van der Waals surface area (Å²) in [4.78, 5) is 14.2. The molecule has 0 aliphatic carbocycles. The monoisotopic (exact) mass is 507 g/mol. The van der Waals surface area contributed by atoms with Crippen molar-refractivity contribution in [3.8, 4) is 5.75 Å². The van der Waals surface area contributed by atoms with E-state index in [0.29, 0.717) is 17.1 Å². The number of nitrogens with zero attached hydrogens (tertiary/aromatic N) is 1. The molecule has 1 aliphatic heterocycles. The molecule has 2 N–H and O–H groups in total. The van der Waals surface area contributed by atoms with Gasteiger partial charge in [-0.15, -0.1) is 11.8 Å². The number of thioether (sulfide) groups is 1. The lowest BCUT2D eigenvalue weighted by atomic mass is 9.86. The Morgan fingerprint density at radius 3 is 2.53 bits per heavy atom. The average molecular weight is 508 g/mol. The Kier molecular flexibility index (Phi) is 7.89. The number of sulfone groups is 1. The minimum Gasteiger partial charge on any atom is -0.489 e. The first-order valence-electron chi connectivity index (χ1n) is 11.3. The average Bonchev–Trinajstić information content (AvgIpc) is 2.87. The molecule has 0 saturated carbocycles. The highest BCUT2D eigenvalue weighted by Gasteiger charge is 2.40. The van der Waals surface area contributed by atoms with E-state index in [0.717, 1.165) is 31.9 Å². The summed E-state index contributed by atoms with van der Waals surface area (Å²) in [6.07, 6.45) is 4.53. The standard InChI is InChI=1S/C25H33NO6S2/c1-5-6-12-24(2)15-26(18-10-8-7-9-11-18)19-13-21(33-4)20(14-22(19)34(30,31)17-24)32-16-25(3,29)23(27)28/h7-11,13-14,29H,5-6,12,15-17H2,1-4H3,(H,27,28)/t24-,25?/m1/s1. The van der Waals surface area contributed by atoms with Gasteiger partial charge in [0.1, 0.15) is 12.4 Å².